The molecule has 0 atom stereocenters. The number of halogens is 1. The quantitative estimate of drug-likeness (QED) is 0.852. The number of hydrogen-bond donors (Lipinski definition) is 2. The van der Waals surface area contributed by atoms with E-state index in [1.165, 1.54) is 0 Å². The van der Waals surface area contributed by atoms with Gasteiger partial charge in [0, 0.05) is 12.3 Å². The van der Waals surface area contributed by atoms with Gasteiger partial charge in [0.15, 0.2) is 0 Å². The van der Waals surface area contributed by atoms with Gasteiger partial charge in [0.25, 0.3) is 0 Å². The van der Waals surface area contributed by atoms with Crippen LogP contribution in [0.25, 0.3) is 0 Å². The molecule has 0 radical (unpaired) electrons. The van der Waals surface area contributed by atoms with Crippen LogP contribution in [0.15, 0.2) is 46.9 Å². The van der Waals surface area contributed by atoms with E-state index in [9.17, 15) is 0 Å². The van der Waals surface area contributed by atoms with E-state index in [0.717, 1.165) is 21.5 Å². The Labute approximate surface area is 114 Å². The van der Waals surface area contributed by atoms with Gasteiger partial charge in [0.05, 0.1) is 4.47 Å². The second kappa shape index (κ2) is 5.89. The lowest BCUT2D eigenvalue weighted by Gasteiger charge is -2.08. The van der Waals surface area contributed by atoms with Crippen molar-refractivity contribution in [1.29, 1.82) is 0 Å². The molecule has 0 aliphatic heterocycles. The van der Waals surface area contributed by atoms with Crippen LogP contribution in [0, 0.1) is 0 Å². The molecule has 3 nitrogen and oxygen atoms in total. The number of hydrogen-bond acceptors (Lipinski definition) is 3. The van der Waals surface area contributed by atoms with E-state index >= 15 is 0 Å². The van der Waals surface area contributed by atoms with Crippen LogP contribution in [0.4, 0.5) is 5.69 Å². The van der Waals surface area contributed by atoms with Crippen LogP contribution in [-0.2, 0) is 6.42 Å². The number of benzene rings is 2. The van der Waals surface area contributed by atoms with Gasteiger partial charge in [-0.15, -0.1) is 0 Å². The molecule has 2 aromatic rings. The van der Waals surface area contributed by atoms with E-state index < -0.39 is 0 Å². The van der Waals surface area contributed by atoms with Crippen LogP contribution in [0.3, 0.4) is 0 Å². The highest BCUT2D eigenvalue weighted by Gasteiger charge is 2.03. The molecule has 0 bridgehead atoms. The summed E-state index contributed by atoms with van der Waals surface area (Å²) >= 11 is 3.41. The van der Waals surface area contributed by atoms with Gasteiger partial charge >= 0.3 is 0 Å². The average Bonchev–Trinajstić information content (AvgIpc) is 2.35. The topological polar surface area (TPSA) is 55.5 Å². The number of nitrogens with two attached hydrogens (primary N) is 1. The maximum Gasteiger partial charge on any atom is 0.141 e. The van der Waals surface area contributed by atoms with E-state index in [1.807, 2.05) is 30.3 Å². The van der Waals surface area contributed by atoms with Crippen molar-refractivity contribution in [2.45, 2.75) is 6.42 Å². The highest BCUT2D eigenvalue weighted by molar-refractivity contribution is 9.10. The van der Waals surface area contributed by atoms with Crippen LogP contribution in [0.5, 0.6) is 11.5 Å². The summed E-state index contributed by atoms with van der Waals surface area (Å²) in [5.74, 6) is 1.47. The fourth-order valence-corrected chi connectivity index (χ4v) is 2.06. The first-order valence-corrected chi connectivity index (χ1v) is 6.41. The summed E-state index contributed by atoms with van der Waals surface area (Å²) < 4.78 is 6.55. The molecule has 0 aliphatic rings. The monoisotopic (exact) mass is 307 g/mol. The van der Waals surface area contributed by atoms with Crippen LogP contribution in [0.2, 0.25) is 0 Å². The summed E-state index contributed by atoms with van der Waals surface area (Å²) in [6.07, 6.45) is 0.659. The second-order valence-corrected chi connectivity index (χ2v) is 4.76. The Morgan fingerprint density at radius 3 is 2.44 bits per heavy atom. The predicted molar refractivity (Wildman–Crippen MR) is 75.9 cm³/mol. The third kappa shape index (κ3) is 3.24. The Balaban J connectivity index is 2.13. The summed E-state index contributed by atoms with van der Waals surface area (Å²) in [4.78, 5) is 0. The standard InChI is InChI=1S/C14H14BrNO2/c15-13-9-11(16)3-6-14(13)18-12-4-1-10(2-5-12)7-8-17/h1-6,9,17H,7-8,16H2. The molecule has 0 fully saturated rings. The van der Waals surface area contributed by atoms with Crippen molar-refractivity contribution in [1.82, 2.24) is 0 Å². The molecule has 0 saturated carbocycles. The lowest BCUT2D eigenvalue weighted by Crippen LogP contribution is -1.91. The Bertz CT molecular complexity index is 526. The fourth-order valence-electron chi connectivity index (χ4n) is 1.58. The molecule has 0 aromatic heterocycles. The Hall–Kier alpha value is -1.52. The minimum atomic E-state index is 0.156. The molecule has 0 spiro atoms. The van der Waals surface area contributed by atoms with Crippen molar-refractivity contribution in [2.24, 2.45) is 0 Å². The van der Waals surface area contributed by atoms with Crippen LogP contribution < -0.4 is 10.5 Å². The van der Waals surface area contributed by atoms with E-state index in [4.69, 9.17) is 15.6 Å². The number of aliphatic hydroxyl groups excluding tert-OH is 1. The highest BCUT2D eigenvalue weighted by Crippen LogP contribution is 2.31. The normalized spacial score (nSPS) is 10.3. The first-order chi connectivity index (χ1) is 8.69. The lowest BCUT2D eigenvalue weighted by molar-refractivity contribution is 0.299. The van der Waals surface area contributed by atoms with Crippen LogP contribution in [0.1, 0.15) is 5.56 Å². The zero-order valence-electron chi connectivity index (χ0n) is 9.77. The zero-order chi connectivity index (χ0) is 13.0. The molecule has 2 rings (SSSR count). The van der Waals surface area contributed by atoms with E-state index in [-0.39, 0.29) is 6.61 Å². The number of aliphatic hydroxyl groups is 1. The van der Waals surface area contributed by atoms with Gasteiger partial charge in [0.1, 0.15) is 11.5 Å². The van der Waals surface area contributed by atoms with Crippen LogP contribution >= 0.6 is 15.9 Å². The molecule has 0 aliphatic carbocycles. The van der Waals surface area contributed by atoms with Gasteiger partial charge in [-0.05, 0) is 58.2 Å². The maximum absolute atomic E-state index is 8.84. The van der Waals surface area contributed by atoms with Crippen molar-refractivity contribution in [3.05, 3.63) is 52.5 Å². The first-order valence-electron chi connectivity index (χ1n) is 5.62. The van der Waals surface area contributed by atoms with E-state index in [2.05, 4.69) is 15.9 Å². The molecular formula is C14H14BrNO2. The Morgan fingerprint density at radius 1 is 1.11 bits per heavy atom. The molecule has 0 amide bonds. The largest absolute Gasteiger partial charge is 0.456 e. The van der Waals surface area contributed by atoms with Gasteiger partial charge in [-0.1, -0.05) is 12.1 Å². The molecule has 18 heavy (non-hydrogen) atoms. The van der Waals surface area contributed by atoms with E-state index in [1.54, 1.807) is 12.1 Å². The molecule has 0 unspecified atom stereocenters. The SMILES string of the molecule is Nc1ccc(Oc2ccc(CCO)cc2)c(Br)c1. The van der Waals surface area contributed by atoms with Gasteiger partial charge in [-0.25, -0.2) is 0 Å². The second-order valence-electron chi connectivity index (χ2n) is 3.91. The van der Waals surface area contributed by atoms with Crippen molar-refractivity contribution in [2.75, 3.05) is 12.3 Å². The minimum Gasteiger partial charge on any atom is -0.456 e. The number of anilines is 1. The predicted octanol–water partition coefficient (Wildman–Crippen LogP) is 3.36. The minimum absolute atomic E-state index is 0.156. The lowest BCUT2D eigenvalue weighted by atomic mass is 10.1. The van der Waals surface area contributed by atoms with Gasteiger partial charge in [-0.3, -0.25) is 0 Å². The number of ether oxygens (including phenoxy) is 1. The maximum atomic E-state index is 8.84. The molecule has 0 saturated heterocycles. The van der Waals surface area contributed by atoms with Gasteiger partial charge in [0.2, 0.25) is 0 Å². The van der Waals surface area contributed by atoms with Gasteiger partial charge < -0.3 is 15.6 Å². The number of nitrogen functional groups attached to an aromatic ring is 1. The molecular weight excluding hydrogens is 294 g/mol. The molecule has 4 heteroatoms. The third-order valence-corrected chi connectivity index (χ3v) is 3.13. The zero-order valence-corrected chi connectivity index (χ0v) is 11.4. The number of rotatable bonds is 4. The van der Waals surface area contributed by atoms with E-state index in [0.29, 0.717) is 12.1 Å². The molecule has 3 N–H and O–H groups in total. The van der Waals surface area contributed by atoms with Crippen molar-refractivity contribution in [3.8, 4) is 11.5 Å². The average molecular weight is 308 g/mol. The van der Waals surface area contributed by atoms with Crippen molar-refractivity contribution < 1.29 is 9.84 Å². The smallest absolute Gasteiger partial charge is 0.141 e. The summed E-state index contributed by atoms with van der Waals surface area (Å²) in [7, 11) is 0. The Morgan fingerprint density at radius 2 is 1.83 bits per heavy atom. The molecule has 0 heterocycles. The summed E-state index contributed by atoms with van der Waals surface area (Å²) in [5, 5.41) is 8.84. The first kappa shape index (κ1) is 12.9. The fraction of sp³-hybridized carbons (Fsp3) is 0.143. The van der Waals surface area contributed by atoms with Gasteiger partial charge in [-0.2, -0.15) is 0 Å². The van der Waals surface area contributed by atoms with Crippen LogP contribution in [-0.4, -0.2) is 11.7 Å². The van der Waals surface area contributed by atoms with Crippen molar-refractivity contribution in [3.63, 3.8) is 0 Å². The highest BCUT2D eigenvalue weighted by atomic mass is 79.9. The summed E-state index contributed by atoms with van der Waals surface area (Å²) in [6.45, 7) is 0.156. The van der Waals surface area contributed by atoms with Crippen molar-refractivity contribution >= 4 is 21.6 Å². The molecule has 94 valence electrons. The molecule has 2 aromatic carbocycles. The summed E-state index contributed by atoms with van der Waals surface area (Å²) in [5.41, 5.74) is 7.44. The third-order valence-electron chi connectivity index (χ3n) is 2.51. The Kier molecular flexibility index (Phi) is 4.23. The summed E-state index contributed by atoms with van der Waals surface area (Å²) in [6, 6.07) is 13.1.